The maximum absolute atomic E-state index is 12.4. The van der Waals surface area contributed by atoms with Crippen LogP contribution in [0.4, 0.5) is 0 Å². The standard InChI is InChI=1S/C14H11NO4S/c1-20(18,19)12-4-2-3-10-13(12)15-11-7-8(16)5-6-9(11)14(10)17/h2-7,16H,1H3,(H,15,17). The van der Waals surface area contributed by atoms with E-state index in [-0.39, 0.29) is 21.6 Å². The van der Waals surface area contributed by atoms with Crippen molar-refractivity contribution in [3.63, 3.8) is 0 Å². The highest BCUT2D eigenvalue weighted by molar-refractivity contribution is 7.91. The number of benzene rings is 2. The zero-order valence-corrected chi connectivity index (χ0v) is 11.4. The Morgan fingerprint density at radius 3 is 2.55 bits per heavy atom. The van der Waals surface area contributed by atoms with Gasteiger partial charge in [-0.15, -0.1) is 0 Å². The largest absolute Gasteiger partial charge is 0.508 e. The molecule has 0 atom stereocenters. The molecule has 0 aliphatic heterocycles. The fraction of sp³-hybridized carbons (Fsp3) is 0.0714. The van der Waals surface area contributed by atoms with E-state index in [1.807, 2.05) is 0 Å². The third-order valence-electron chi connectivity index (χ3n) is 3.18. The molecule has 2 N–H and O–H groups in total. The first-order valence-corrected chi connectivity index (χ1v) is 7.75. The molecular formula is C14H11NO4S. The van der Waals surface area contributed by atoms with E-state index in [0.717, 1.165) is 6.26 Å². The molecule has 5 nitrogen and oxygen atoms in total. The van der Waals surface area contributed by atoms with E-state index in [0.29, 0.717) is 16.3 Å². The molecule has 1 heterocycles. The number of phenolic OH excluding ortho intramolecular Hbond substituents is 1. The molecule has 20 heavy (non-hydrogen) atoms. The highest BCUT2D eigenvalue weighted by atomic mass is 32.2. The van der Waals surface area contributed by atoms with Crippen LogP contribution in [0.2, 0.25) is 0 Å². The van der Waals surface area contributed by atoms with E-state index in [1.54, 1.807) is 12.1 Å². The summed E-state index contributed by atoms with van der Waals surface area (Å²) < 4.78 is 23.6. The summed E-state index contributed by atoms with van der Waals surface area (Å²) in [6.07, 6.45) is 1.09. The van der Waals surface area contributed by atoms with Gasteiger partial charge in [0.25, 0.3) is 0 Å². The SMILES string of the molecule is CS(=O)(=O)c1cccc2c(=O)c3ccc(O)cc3[nH]c12. The number of phenols is 1. The van der Waals surface area contributed by atoms with Gasteiger partial charge in [-0.1, -0.05) is 6.07 Å². The van der Waals surface area contributed by atoms with Crippen molar-refractivity contribution in [2.45, 2.75) is 4.90 Å². The first kappa shape index (κ1) is 12.7. The maximum atomic E-state index is 12.4. The Kier molecular flexibility index (Phi) is 2.58. The Morgan fingerprint density at radius 2 is 1.85 bits per heavy atom. The predicted molar refractivity (Wildman–Crippen MR) is 76.8 cm³/mol. The lowest BCUT2D eigenvalue weighted by molar-refractivity contribution is 0.476. The van der Waals surface area contributed by atoms with E-state index in [1.165, 1.54) is 24.3 Å². The number of rotatable bonds is 1. The maximum Gasteiger partial charge on any atom is 0.197 e. The smallest absolute Gasteiger partial charge is 0.197 e. The number of fused-ring (bicyclic) bond motifs is 2. The summed E-state index contributed by atoms with van der Waals surface area (Å²) in [5, 5.41) is 10.2. The van der Waals surface area contributed by atoms with Gasteiger partial charge in [0.05, 0.1) is 15.9 Å². The number of aromatic nitrogens is 1. The summed E-state index contributed by atoms with van der Waals surface area (Å²) in [6.45, 7) is 0. The molecule has 102 valence electrons. The molecule has 0 saturated carbocycles. The Hall–Kier alpha value is -2.34. The molecule has 0 saturated heterocycles. The molecule has 0 spiro atoms. The van der Waals surface area contributed by atoms with Gasteiger partial charge in [-0.25, -0.2) is 8.42 Å². The molecule has 0 fully saturated rings. The van der Waals surface area contributed by atoms with Crippen molar-refractivity contribution in [1.29, 1.82) is 0 Å². The molecule has 0 radical (unpaired) electrons. The molecule has 3 rings (SSSR count). The number of aromatic amines is 1. The van der Waals surface area contributed by atoms with Crippen molar-refractivity contribution < 1.29 is 13.5 Å². The van der Waals surface area contributed by atoms with Crippen LogP contribution >= 0.6 is 0 Å². The van der Waals surface area contributed by atoms with Gasteiger partial charge in [0.15, 0.2) is 15.3 Å². The predicted octanol–water partition coefficient (Wildman–Crippen LogP) is 1.79. The molecule has 0 amide bonds. The van der Waals surface area contributed by atoms with Crippen LogP contribution in [0, 0.1) is 0 Å². The van der Waals surface area contributed by atoms with E-state index in [9.17, 15) is 18.3 Å². The third kappa shape index (κ3) is 1.85. The monoisotopic (exact) mass is 289 g/mol. The topological polar surface area (TPSA) is 87.2 Å². The zero-order chi connectivity index (χ0) is 14.5. The Labute approximate surface area is 114 Å². The molecule has 0 aliphatic carbocycles. The second-order valence-electron chi connectivity index (χ2n) is 4.63. The highest BCUT2D eigenvalue weighted by Crippen LogP contribution is 2.23. The average molecular weight is 289 g/mol. The minimum Gasteiger partial charge on any atom is -0.508 e. The van der Waals surface area contributed by atoms with Crippen LogP contribution in [0.1, 0.15) is 0 Å². The summed E-state index contributed by atoms with van der Waals surface area (Å²) in [7, 11) is -3.46. The number of aromatic hydroxyl groups is 1. The Morgan fingerprint density at radius 1 is 1.10 bits per heavy atom. The second kappa shape index (κ2) is 4.08. The number of hydrogen-bond acceptors (Lipinski definition) is 4. The fourth-order valence-electron chi connectivity index (χ4n) is 2.27. The Bertz CT molecular complexity index is 1000. The van der Waals surface area contributed by atoms with Crippen molar-refractivity contribution in [1.82, 2.24) is 4.98 Å². The molecular weight excluding hydrogens is 278 g/mol. The van der Waals surface area contributed by atoms with E-state index < -0.39 is 9.84 Å². The molecule has 3 aromatic rings. The van der Waals surface area contributed by atoms with E-state index in [4.69, 9.17) is 0 Å². The van der Waals surface area contributed by atoms with Crippen molar-refractivity contribution in [2.24, 2.45) is 0 Å². The summed E-state index contributed by atoms with van der Waals surface area (Å²) >= 11 is 0. The summed E-state index contributed by atoms with van der Waals surface area (Å²) in [4.78, 5) is 15.4. The van der Waals surface area contributed by atoms with Gasteiger partial charge in [-0.05, 0) is 24.3 Å². The zero-order valence-electron chi connectivity index (χ0n) is 10.5. The van der Waals surface area contributed by atoms with Gasteiger partial charge in [0.1, 0.15) is 5.75 Å². The summed E-state index contributed by atoms with van der Waals surface area (Å²) in [5.41, 5.74) is 0.399. The van der Waals surface area contributed by atoms with Crippen molar-refractivity contribution in [2.75, 3.05) is 6.26 Å². The molecule has 2 aromatic carbocycles. The van der Waals surface area contributed by atoms with Crippen LogP contribution in [-0.4, -0.2) is 24.8 Å². The molecule has 6 heteroatoms. The lowest BCUT2D eigenvalue weighted by Gasteiger charge is -2.07. The van der Waals surface area contributed by atoms with Gasteiger partial charge in [-0.2, -0.15) is 0 Å². The molecule has 0 aliphatic rings. The van der Waals surface area contributed by atoms with Crippen molar-refractivity contribution >= 4 is 31.6 Å². The molecule has 0 bridgehead atoms. The lowest BCUT2D eigenvalue weighted by Crippen LogP contribution is -2.07. The van der Waals surface area contributed by atoms with Gasteiger partial charge in [0.2, 0.25) is 0 Å². The molecule has 0 unspecified atom stereocenters. The Balaban J connectivity index is 2.61. The van der Waals surface area contributed by atoms with Gasteiger partial charge < -0.3 is 10.1 Å². The van der Waals surface area contributed by atoms with Crippen LogP contribution in [0.3, 0.4) is 0 Å². The lowest BCUT2D eigenvalue weighted by atomic mass is 10.1. The van der Waals surface area contributed by atoms with Crippen LogP contribution in [0.5, 0.6) is 5.75 Å². The van der Waals surface area contributed by atoms with Crippen LogP contribution in [0.15, 0.2) is 46.1 Å². The van der Waals surface area contributed by atoms with Crippen LogP contribution < -0.4 is 5.43 Å². The van der Waals surface area contributed by atoms with E-state index in [2.05, 4.69) is 4.98 Å². The minimum atomic E-state index is -3.46. The normalized spacial score (nSPS) is 12.1. The first-order valence-electron chi connectivity index (χ1n) is 5.86. The average Bonchev–Trinajstić information content (AvgIpc) is 2.37. The van der Waals surface area contributed by atoms with Crippen molar-refractivity contribution in [3.05, 3.63) is 46.6 Å². The number of nitrogens with one attached hydrogen (secondary N) is 1. The van der Waals surface area contributed by atoms with Crippen LogP contribution in [0.25, 0.3) is 21.8 Å². The number of pyridine rings is 1. The van der Waals surface area contributed by atoms with Gasteiger partial charge in [-0.3, -0.25) is 4.79 Å². The van der Waals surface area contributed by atoms with Crippen molar-refractivity contribution in [3.8, 4) is 5.75 Å². The minimum absolute atomic E-state index is 0.00402. The second-order valence-corrected chi connectivity index (χ2v) is 6.62. The van der Waals surface area contributed by atoms with Gasteiger partial charge >= 0.3 is 0 Å². The quantitative estimate of drug-likeness (QED) is 0.669. The number of H-pyrrole nitrogens is 1. The highest BCUT2D eigenvalue weighted by Gasteiger charge is 2.15. The summed E-state index contributed by atoms with van der Waals surface area (Å²) in [6, 6.07) is 8.90. The van der Waals surface area contributed by atoms with Crippen LogP contribution in [-0.2, 0) is 9.84 Å². The molecule has 1 aromatic heterocycles. The third-order valence-corrected chi connectivity index (χ3v) is 4.32. The number of sulfone groups is 1. The fourth-order valence-corrected chi connectivity index (χ4v) is 3.13. The first-order chi connectivity index (χ1) is 9.38. The summed E-state index contributed by atoms with van der Waals surface area (Å²) in [5.74, 6) is 0.00402. The number of para-hydroxylation sites is 1. The van der Waals surface area contributed by atoms with Gasteiger partial charge in [0, 0.05) is 23.1 Å². The van der Waals surface area contributed by atoms with E-state index >= 15 is 0 Å². The number of hydrogen-bond donors (Lipinski definition) is 2.